The summed E-state index contributed by atoms with van der Waals surface area (Å²) in [6, 6.07) is 16.7. The highest BCUT2D eigenvalue weighted by molar-refractivity contribution is 9.10. The number of halogens is 1. The minimum absolute atomic E-state index is 0.0462. The summed E-state index contributed by atoms with van der Waals surface area (Å²) in [7, 11) is 0. The van der Waals surface area contributed by atoms with Crippen LogP contribution in [0.2, 0.25) is 0 Å². The van der Waals surface area contributed by atoms with E-state index in [4.69, 9.17) is 5.26 Å². The van der Waals surface area contributed by atoms with E-state index in [0.717, 1.165) is 22.0 Å². The normalized spacial score (nSPS) is 10.8. The predicted octanol–water partition coefficient (Wildman–Crippen LogP) is 3.05. The summed E-state index contributed by atoms with van der Waals surface area (Å²) < 4.78 is 1.02. The van der Waals surface area contributed by atoms with Crippen molar-refractivity contribution in [3.63, 3.8) is 0 Å². The van der Waals surface area contributed by atoms with Gasteiger partial charge in [-0.2, -0.15) is 5.26 Å². The van der Waals surface area contributed by atoms with Gasteiger partial charge in [0.1, 0.15) is 17.4 Å². The van der Waals surface area contributed by atoms with Crippen molar-refractivity contribution in [3.8, 4) is 11.8 Å². The molecule has 0 unspecified atom stereocenters. The third kappa shape index (κ3) is 6.61. The van der Waals surface area contributed by atoms with Gasteiger partial charge in [-0.3, -0.25) is 4.79 Å². The first-order chi connectivity index (χ1) is 12.6. The van der Waals surface area contributed by atoms with E-state index in [9.17, 15) is 9.90 Å². The number of nitrogens with one attached hydrogen (secondary N) is 2. The topological polar surface area (TPSA) is 85.2 Å². The molecule has 0 saturated heterocycles. The molecule has 0 bridgehead atoms. The third-order valence-corrected chi connectivity index (χ3v) is 4.19. The van der Waals surface area contributed by atoms with E-state index in [0.29, 0.717) is 19.5 Å². The molecule has 2 aromatic carbocycles. The van der Waals surface area contributed by atoms with Crippen LogP contribution in [-0.2, 0) is 17.6 Å². The number of carbonyl (C=O) groups is 1. The summed E-state index contributed by atoms with van der Waals surface area (Å²) in [5.74, 6) is -0.192. The van der Waals surface area contributed by atoms with Crippen LogP contribution in [0.25, 0.3) is 0 Å². The summed E-state index contributed by atoms with van der Waals surface area (Å²) in [5.41, 5.74) is 2.21. The third-order valence-electron chi connectivity index (χ3n) is 3.69. The first kappa shape index (κ1) is 19.5. The fourth-order valence-electron chi connectivity index (χ4n) is 2.31. The van der Waals surface area contributed by atoms with E-state index in [1.165, 1.54) is 6.20 Å². The number of rotatable bonds is 8. The number of phenols is 1. The molecule has 2 rings (SSSR count). The van der Waals surface area contributed by atoms with Crippen molar-refractivity contribution in [2.75, 3.05) is 13.1 Å². The van der Waals surface area contributed by atoms with Crippen LogP contribution in [0.15, 0.2) is 64.8 Å². The molecule has 0 aromatic heterocycles. The molecular weight excluding hydrogens is 394 g/mol. The maximum Gasteiger partial charge on any atom is 0.263 e. The number of aromatic hydroxyl groups is 1. The molecule has 0 heterocycles. The monoisotopic (exact) mass is 413 g/mol. The highest BCUT2D eigenvalue weighted by atomic mass is 79.9. The number of hydrogen-bond donors (Lipinski definition) is 3. The Balaban J connectivity index is 1.75. The standard InChI is InChI=1S/C20H20BrN3O2/c21-18-3-1-2-16(12-18)8-10-23-14-17(13-22)20(26)24-11-9-15-4-6-19(25)7-5-15/h1-7,12,14,23,25H,8-11H2,(H,24,26)/b17-14-. The summed E-state index contributed by atoms with van der Waals surface area (Å²) in [6.45, 7) is 1.04. The molecule has 26 heavy (non-hydrogen) atoms. The Labute approximate surface area is 161 Å². The summed E-state index contributed by atoms with van der Waals surface area (Å²) in [4.78, 5) is 12.0. The maximum atomic E-state index is 12.0. The second-order valence-corrected chi connectivity index (χ2v) is 6.59. The number of hydrogen-bond acceptors (Lipinski definition) is 4. The van der Waals surface area contributed by atoms with Crippen molar-refractivity contribution >= 4 is 21.8 Å². The largest absolute Gasteiger partial charge is 0.508 e. The van der Waals surface area contributed by atoms with E-state index < -0.39 is 5.91 Å². The molecule has 3 N–H and O–H groups in total. The molecule has 5 nitrogen and oxygen atoms in total. The lowest BCUT2D eigenvalue weighted by Gasteiger charge is -2.06. The van der Waals surface area contributed by atoms with Crippen molar-refractivity contribution in [1.82, 2.24) is 10.6 Å². The van der Waals surface area contributed by atoms with E-state index in [2.05, 4.69) is 26.6 Å². The van der Waals surface area contributed by atoms with Gasteiger partial charge in [0.2, 0.25) is 0 Å². The van der Waals surface area contributed by atoms with Crippen LogP contribution < -0.4 is 10.6 Å². The van der Waals surface area contributed by atoms with Crippen LogP contribution >= 0.6 is 15.9 Å². The highest BCUT2D eigenvalue weighted by Gasteiger charge is 2.07. The van der Waals surface area contributed by atoms with Gasteiger partial charge in [-0.1, -0.05) is 40.2 Å². The number of nitrogens with zero attached hydrogens (tertiary/aromatic N) is 1. The van der Waals surface area contributed by atoms with Gasteiger partial charge in [-0.25, -0.2) is 0 Å². The minimum atomic E-state index is -0.402. The smallest absolute Gasteiger partial charge is 0.263 e. The second kappa shape index (κ2) is 10.3. The molecule has 0 fully saturated rings. The molecule has 6 heteroatoms. The Morgan fingerprint density at radius 1 is 1.12 bits per heavy atom. The fraction of sp³-hybridized carbons (Fsp3) is 0.200. The van der Waals surface area contributed by atoms with Crippen LogP contribution in [0.4, 0.5) is 0 Å². The first-order valence-corrected chi connectivity index (χ1v) is 9.02. The minimum Gasteiger partial charge on any atom is -0.508 e. The molecule has 134 valence electrons. The molecule has 2 aromatic rings. The Bertz CT molecular complexity index is 811. The number of amides is 1. The van der Waals surface area contributed by atoms with Crippen LogP contribution in [0.5, 0.6) is 5.75 Å². The number of benzene rings is 2. The van der Waals surface area contributed by atoms with Crippen molar-refractivity contribution in [3.05, 3.63) is 75.9 Å². The van der Waals surface area contributed by atoms with Crippen LogP contribution in [0.3, 0.4) is 0 Å². The van der Waals surface area contributed by atoms with Crippen LogP contribution in [-0.4, -0.2) is 24.1 Å². The predicted molar refractivity (Wildman–Crippen MR) is 104 cm³/mol. The fourth-order valence-corrected chi connectivity index (χ4v) is 2.76. The van der Waals surface area contributed by atoms with Gasteiger partial charge in [0.05, 0.1) is 0 Å². The summed E-state index contributed by atoms with van der Waals surface area (Å²) in [5, 5.41) is 24.1. The lowest BCUT2D eigenvalue weighted by Crippen LogP contribution is -2.27. The van der Waals surface area contributed by atoms with E-state index >= 15 is 0 Å². The van der Waals surface area contributed by atoms with Crippen molar-refractivity contribution in [2.24, 2.45) is 0 Å². The van der Waals surface area contributed by atoms with E-state index in [1.807, 2.05) is 30.3 Å². The Hall–Kier alpha value is -2.78. The molecule has 0 saturated carbocycles. The number of phenolic OH excluding ortho intramolecular Hbond substituents is 1. The quantitative estimate of drug-likeness (QED) is 0.352. The van der Waals surface area contributed by atoms with Crippen molar-refractivity contribution < 1.29 is 9.90 Å². The zero-order valence-electron chi connectivity index (χ0n) is 14.2. The average molecular weight is 414 g/mol. The van der Waals surface area contributed by atoms with Gasteiger partial charge in [0.25, 0.3) is 5.91 Å². The van der Waals surface area contributed by atoms with Crippen LogP contribution in [0.1, 0.15) is 11.1 Å². The lowest BCUT2D eigenvalue weighted by atomic mass is 10.1. The van der Waals surface area contributed by atoms with Gasteiger partial charge in [0, 0.05) is 23.8 Å². The Kier molecular flexibility index (Phi) is 7.72. The Morgan fingerprint density at radius 3 is 2.54 bits per heavy atom. The highest BCUT2D eigenvalue weighted by Crippen LogP contribution is 2.12. The molecule has 0 atom stereocenters. The zero-order chi connectivity index (χ0) is 18.8. The molecule has 0 aliphatic rings. The van der Waals surface area contributed by atoms with Gasteiger partial charge >= 0.3 is 0 Å². The van der Waals surface area contributed by atoms with Crippen molar-refractivity contribution in [2.45, 2.75) is 12.8 Å². The molecule has 1 amide bonds. The molecule has 0 aliphatic carbocycles. The van der Waals surface area contributed by atoms with E-state index in [1.54, 1.807) is 24.3 Å². The summed E-state index contributed by atoms with van der Waals surface area (Å²) >= 11 is 3.43. The molecule has 0 spiro atoms. The molecule has 0 aliphatic heterocycles. The van der Waals surface area contributed by atoms with Gasteiger partial charge < -0.3 is 15.7 Å². The molecule has 0 radical (unpaired) electrons. The number of carbonyl (C=O) groups excluding carboxylic acids is 1. The summed E-state index contributed by atoms with van der Waals surface area (Å²) in [6.07, 6.45) is 2.87. The van der Waals surface area contributed by atoms with Gasteiger partial charge in [-0.05, 0) is 48.2 Å². The second-order valence-electron chi connectivity index (χ2n) is 5.68. The zero-order valence-corrected chi connectivity index (χ0v) is 15.8. The van der Waals surface area contributed by atoms with Gasteiger partial charge in [-0.15, -0.1) is 0 Å². The maximum absolute atomic E-state index is 12.0. The number of nitriles is 1. The Morgan fingerprint density at radius 2 is 1.85 bits per heavy atom. The van der Waals surface area contributed by atoms with Crippen molar-refractivity contribution in [1.29, 1.82) is 5.26 Å². The lowest BCUT2D eigenvalue weighted by molar-refractivity contribution is -0.117. The SMILES string of the molecule is N#C/C(=C/NCCc1cccc(Br)c1)C(=O)NCCc1ccc(O)cc1. The first-order valence-electron chi connectivity index (χ1n) is 8.22. The molecular formula is C20H20BrN3O2. The van der Waals surface area contributed by atoms with Gasteiger partial charge in [0.15, 0.2) is 0 Å². The van der Waals surface area contributed by atoms with Crippen LogP contribution in [0, 0.1) is 11.3 Å². The average Bonchev–Trinajstić information content (AvgIpc) is 2.63. The van der Waals surface area contributed by atoms with E-state index in [-0.39, 0.29) is 11.3 Å².